The van der Waals surface area contributed by atoms with E-state index in [2.05, 4.69) is 53.1 Å². The van der Waals surface area contributed by atoms with Crippen molar-refractivity contribution in [2.45, 2.75) is 13.0 Å². The maximum absolute atomic E-state index is 6.11. The van der Waals surface area contributed by atoms with Gasteiger partial charge in [-0.1, -0.05) is 12.1 Å². The quantitative estimate of drug-likeness (QED) is 0.932. The van der Waals surface area contributed by atoms with E-state index in [4.69, 9.17) is 5.73 Å². The Morgan fingerprint density at radius 3 is 2.52 bits per heavy atom. The lowest BCUT2D eigenvalue weighted by atomic mass is 10.0. The number of para-hydroxylation sites is 2. The zero-order valence-electron chi connectivity index (χ0n) is 13.0. The first-order valence-corrected chi connectivity index (χ1v) is 7.39. The van der Waals surface area contributed by atoms with Crippen molar-refractivity contribution in [3.63, 3.8) is 0 Å². The van der Waals surface area contributed by atoms with Crippen molar-refractivity contribution >= 4 is 11.4 Å². The SMILES string of the molecule is Cc1c(C(CN)N2CCN(C)c3ccccc32)cnn1C. The summed E-state index contributed by atoms with van der Waals surface area (Å²) >= 11 is 0. The van der Waals surface area contributed by atoms with Gasteiger partial charge in [0, 0.05) is 45.0 Å². The second-order valence-electron chi connectivity index (χ2n) is 5.66. The van der Waals surface area contributed by atoms with Crippen molar-refractivity contribution in [3.05, 3.63) is 41.7 Å². The molecule has 1 aromatic carbocycles. The Morgan fingerprint density at radius 1 is 1.19 bits per heavy atom. The highest BCUT2D eigenvalue weighted by Gasteiger charge is 2.28. The van der Waals surface area contributed by atoms with Gasteiger partial charge >= 0.3 is 0 Å². The molecule has 3 rings (SSSR count). The summed E-state index contributed by atoms with van der Waals surface area (Å²) in [5.41, 5.74) is 11.0. The smallest absolute Gasteiger partial charge is 0.0699 e. The fourth-order valence-electron chi connectivity index (χ4n) is 3.12. The zero-order chi connectivity index (χ0) is 15.0. The van der Waals surface area contributed by atoms with Crippen molar-refractivity contribution in [2.75, 3.05) is 36.5 Å². The van der Waals surface area contributed by atoms with Gasteiger partial charge in [-0.05, 0) is 19.1 Å². The average Bonchev–Trinajstić information content (AvgIpc) is 2.83. The molecule has 1 aromatic heterocycles. The Hall–Kier alpha value is -2.01. The van der Waals surface area contributed by atoms with E-state index >= 15 is 0 Å². The molecular formula is C16H23N5. The van der Waals surface area contributed by atoms with Crippen LogP contribution >= 0.6 is 0 Å². The van der Waals surface area contributed by atoms with Gasteiger partial charge in [0.1, 0.15) is 0 Å². The number of aromatic nitrogens is 2. The molecule has 1 atom stereocenters. The van der Waals surface area contributed by atoms with E-state index in [9.17, 15) is 0 Å². The first kappa shape index (κ1) is 13.9. The highest BCUT2D eigenvalue weighted by molar-refractivity contribution is 5.73. The first-order chi connectivity index (χ1) is 10.1. The Kier molecular flexibility index (Phi) is 3.59. The predicted molar refractivity (Wildman–Crippen MR) is 86.8 cm³/mol. The van der Waals surface area contributed by atoms with Crippen LogP contribution in [0.1, 0.15) is 17.3 Å². The molecule has 1 unspecified atom stereocenters. The number of hydrogen-bond acceptors (Lipinski definition) is 4. The van der Waals surface area contributed by atoms with Crippen LogP contribution in [0.15, 0.2) is 30.5 Å². The molecule has 1 aliphatic rings. The molecule has 2 N–H and O–H groups in total. The van der Waals surface area contributed by atoms with E-state index in [0.29, 0.717) is 6.54 Å². The number of likely N-dealkylation sites (N-methyl/N-ethyl adjacent to an activating group) is 1. The standard InChI is InChI=1S/C16H23N5/c1-12-13(11-18-20(12)3)16(10-17)21-9-8-19(2)14-6-4-5-7-15(14)21/h4-7,11,16H,8-10,17H2,1-3H3. The molecule has 21 heavy (non-hydrogen) atoms. The minimum Gasteiger partial charge on any atom is -0.371 e. The van der Waals surface area contributed by atoms with Crippen molar-refractivity contribution < 1.29 is 0 Å². The molecule has 2 aromatic rings. The molecule has 0 saturated heterocycles. The second-order valence-corrected chi connectivity index (χ2v) is 5.66. The highest BCUT2D eigenvalue weighted by atomic mass is 15.3. The van der Waals surface area contributed by atoms with E-state index in [1.807, 2.05) is 17.9 Å². The van der Waals surface area contributed by atoms with Crippen LogP contribution in [0.2, 0.25) is 0 Å². The maximum Gasteiger partial charge on any atom is 0.0699 e. The maximum atomic E-state index is 6.11. The minimum absolute atomic E-state index is 0.175. The van der Waals surface area contributed by atoms with Crippen LogP contribution in [0.3, 0.4) is 0 Å². The molecule has 0 radical (unpaired) electrons. The molecule has 0 amide bonds. The van der Waals surface area contributed by atoms with E-state index in [1.165, 1.54) is 22.6 Å². The summed E-state index contributed by atoms with van der Waals surface area (Å²) in [7, 11) is 4.12. The van der Waals surface area contributed by atoms with Crippen molar-refractivity contribution in [1.82, 2.24) is 9.78 Å². The first-order valence-electron chi connectivity index (χ1n) is 7.39. The highest BCUT2D eigenvalue weighted by Crippen LogP contribution is 2.37. The third-order valence-corrected chi connectivity index (χ3v) is 4.51. The van der Waals surface area contributed by atoms with Gasteiger partial charge < -0.3 is 15.5 Å². The van der Waals surface area contributed by atoms with Crippen molar-refractivity contribution in [1.29, 1.82) is 0 Å². The number of rotatable bonds is 3. The molecular weight excluding hydrogens is 262 g/mol. The molecule has 2 heterocycles. The predicted octanol–water partition coefficient (Wildman–Crippen LogP) is 1.68. The number of benzene rings is 1. The van der Waals surface area contributed by atoms with Crippen LogP contribution in [0.25, 0.3) is 0 Å². The Balaban J connectivity index is 2.03. The summed E-state index contributed by atoms with van der Waals surface area (Å²) in [5, 5.41) is 4.37. The number of nitrogens with two attached hydrogens (primary N) is 1. The van der Waals surface area contributed by atoms with Gasteiger partial charge in [0.25, 0.3) is 0 Å². The van der Waals surface area contributed by atoms with Gasteiger partial charge in [-0.15, -0.1) is 0 Å². The molecule has 0 bridgehead atoms. The van der Waals surface area contributed by atoms with Gasteiger partial charge in [0.2, 0.25) is 0 Å². The van der Waals surface area contributed by atoms with E-state index < -0.39 is 0 Å². The topological polar surface area (TPSA) is 50.3 Å². The van der Waals surface area contributed by atoms with Crippen molar-refractivity contribution in [3.8, 4) is 0 Å². The summed E-state index contributed by atoms with van der Waals surface area (Å²) < 4.78 is 1.92. The van der Waals surface area contributed by atoms with Gasteiger partial charge in [-0.25, -0.2) is 0 Å². The molecule has 5 nitrogen and oxygen atoms in total. The molecule has 0 spiro atoms. The van der Waals surface area contributed by atoms with E-state index in [0.717, 1.165) is 13.1 Å². The van der Waals surface area contributed by atoms with Crippen LogP contribution in [-0.2, 0) is 7.05 Å². The minimum atomic E-state index is 0.175. The Labute approximate surface area is 126 Å². The molecule has 112 valence electrons. The van der Waals surface area contributed by atoms with Crippen LogP contribution in [0, 0.1) is 6.92 Å². The van der Waals surface area contributed by atoms with Crippen LogP contribution in [0.5, 0.6) is 0 Å². The molecule has 0 aliphatic carbocycles. The van der Waals surface area contributed by atoms with Crippen LogP contribution < -0.4 is 15.5 Å². The van der Waals surface area contributed by atoms with Gasteiger partial charge in [-0.2, -0.15) is 5.10 Å². The molecule has 1 aliphatic heterocycles. The Morgan fingerprint density at radius 2 is 1.90 bits per heavy atom. The number of nitrogens with zero attached hydrogens (tertiary/aromatic N) is 4. The number of anilines is 2. The summed E-state index contributed by atoms with van der Waals surface area (Å²) in [6, 6.07) is 8.71. The number of hydrogen-bond donors (Lipinski definition) is 1. The third-order valence-electron chi connectivity index (χ3n) is 4.51. The summed E-state index contributed by atoms with van der Waals surface area (Å²) in [4.78, 5) is 4.72. The molecule has 0 saturated carbocycles. The number of aryl methyl sites for hydroxylation is 1. The second kappa shape index (κ2) is 5.41. The average molecular weight is 285 g/mol. The number of fused-ring (bicyclic) bond motifs is 1. The van der Waals surface area contributed by atoms with Gasteiger partial charge in [0.05, 0.1) is 23.6 Å². The Bertz CT molecular complexity index is 633. The molecule has 0 fully saturated rings. The van der Waals surface area contributed by atoms with Gasteiger partial charge in [0.15, 0.2) is 0 Å². The van der Waals surface area contributed by atoms with Crippen LogP contribution in [0.4, 0.5) is 11.4 Å². The van der Waals surface area contributed by atoms with E-state index in [1.54, 1.807) is 0 Å². The molecule has 5 heteroatoms. The fraction of sp³-hybridized carbons (Fsp3) is 0.438. The lowest BCUT2D eigenvalue weighted by molar-refractivity contribution is 0.606. The monoisotopic (exact) mass is 285 g/mol. The van der Waals surface area contributed by atoms with Gasteiger partial charge in [-0.3, -0.25) is 4.68 Å². The summed E-state index contributed by atoms with van der Waals surface area (Å²) in [6.07, 6.45) is 1.95. The summed E-state index contributed by atoms with van der Waals surface area (Å²) in [5.74, 6) is 0. The third kappa shape index (κ3) is 2.27. The lowest BCUT2D eigenvalue weighted by Gasteiger charge is -2.41. The summed E-state index contributed by atoms with van der Waals surface area (Å²) in [6.45, 7) is 4.67. The zero-order valence-corrected chi connectivity index (χ0v) is 13.0. The van der Waals surface area contributed by atoms with Crippen LogP contribution in [-0.4, -0.2) is 36.5 Å². The fourth-order valence-corrected chi connectivity index (χ4v) is 3.12. The van der Waals surface area contributed by atoms with E-state index in [-0.39, 0.29) is 6.04 Å². The largest absolute Gasteiger partial charge is 0.371 e. The van der Waals surface area contributed by atoms with Crippen molar-refractivity contribution in [2.24, 2.45) is 12.8 Å². The normalized spacial score (nSPS) is 16.0. The lowest BCUT2D eigenvalue weighted by Crippen LogP contribution is -2.43.